The fraction of sp³-hybridized carbons (Fsp3) is 0.222. The standard InChI is InChI=1S/C27H27N5O2/c1-19-28-24-18-20(12-13-25(24)32(19)23-10-6-3-7-11-23)26(33)31-16-14-22(15-17-31)30-27(34)29-21-8-4-2-5-9-21/h2-13,18,22H,14-17H2,1H3,(H2,29,30,34). The van der Waals surface area contributed by atoms with Crippen LogP contribution in [0.3, 0.4) is 0 Å². The first kappa shape index (κ1) is 21.7. The van der Waals surface area contributed by atoms with Crippen molar-refractivity contribution in [2.24, 2.45) is 0 Å². The molecule has 7 heteroatoms. The number of imidazole rings is 1. The number of carbonyl (C=O) groups is 2. The van der Waals surface area contributed by atoms with Gasteiger partial charge in [-0.3, -0.25) is 9.36 Å². The number of nitrogens with one attached hydrogen (secondary N) is 2. The van der Waals surface area contributed by atoms with Crippen molar-refractivity contribution >= 4 is 28.7 Å². The molecule has 0 saturated carbocycles. The molecule has 5 rings (SSSR count). The molecule has 0 bridgehead atoms. The summed E-state index contributed by atoms with van der Waals surface area (Å²) in [6, 6.07) is 25.0. The molecule has 2 heterocycles. The Morgan fingerprint density at radius 1 is 0.912 bits per heavy atom. The third kappa shape index (κ3) is 4.50. The van der Waals surface area contributed by atoms with Gasteiger partial charge in [0.1, 0.15) is 5.82 Å². The van der Waals surface area contributed by atoms with Gasteiger partial charge in [0, 0.05) is 36.1 Å². The largest absolute Gasteiger partial charge is 0.338 e. The number of rotatable bonds is 4. The first-order chi connectivity index (χ1) is 16.6. The van der Waals surface area contributed by atoms with Gasteiger partial charge in [-0.1, -0.05) is 36.4 Å². The Morgan fingerprint density at radius 3 is 2.29 bits per heavy atom. The molecule has 3 amide bonds. The van der Waals surface area contributed by atoms with Gasteiger partial charge in [0.25, 0.3) is 5.91 Å². The van der Waals surface area contributed by atoms with Gasteiger partial charge in [0.05, 0.1) is 11.0 Å². The number of likely N-dealkylation sites (tertiary alicyclic amines) is 1. The summed E-state index contributed by atoms with van der Waals surface area (Å²) in [6.45, 7) is 3.18. The second-order valence-electron chi connectivity index (χ2n) is 8.56. The van der Waals surface area contributed by atoms with Crippen molar-refractivity contribution < 1.29 is 9.59 Å². The van der Waals surface area contributed by atoms with E-state index >= 15 is 0 Å². The van der Waals surface area contributed by atoms with Crippen LogP contribution in [-0.2, 0) is 0 Å². The van der Waals surface area contributed by atoms with Crippen LogP contribution in [0.2, 0.25) is 0 Å². The first-order valence-corrected chi connectivity index (χ1v) is 11.5. The van der Waals surface area contributed by atoms with E-state index in [1.54, 1.807) is 0 Å². The van der Waals surface area contributed by atoms with Crippen LogP contribution in [0, 0.1) is 6.92 Å². The number of nitrogens with zero attached hydrogens (tertiary/aromatic N) is 3. The molecule has 3 aromatic carbocycles. The maximum atomic E-state index is 13.2. The molecule has 0 radical (unpaired) electrons. The highest BCUT2D eigenvalue weighted by Gasteiger charge is 2.25. The molecule has 1 aliphatic rings. The lowest BCUT2D eigenvalue weighted by atomic mass is 10.0. The summed E-state index contributed by atoms with van der Waals surface area (Å²) in [5.41, 5.74) is 4.23. The Kier molecular flexibility index (Phi) is 5.99. The minimum Gasteiger partial charge on any atom is -0.338 e. The quantitative estimate of drug-likeness (QED) is 0.468. The molecule has 0 unspecified atom stereocenters. The van der Waals surface area contributed by atoms with E-state index in [-0.39, 0.29) is 18.0 Å². The predicted molar refractivity (Wildman–Crippen MR) is 133 cm³/mol. The van der Waals surface area contributed by atoms with Crippen LogP contribution in [0.25, 0.3) is 16.7 Å². The third-order valence-electron chi connectivity index (χ3n) is 6.23. The zero-order valence-electron chi connectivity index (χ0n) is 19.1. The second kappa shape index (κ2) is 9.39. The van der Waals surface area contributed by atoms with Crippen molar-refractivity contribution in [3.8, 4) is 5.69 Å². The highest BCUT2D eigenvalue weighted by Crippen LogP contribution is 2.23. The number of urea groups is 1. The zero-order valence-corrected chi connectivity index (χ0v) is 19.1. The highest BCUT2D eigenvalue weighted by atomic mass is 16.2. The Hall–Kier alpha value is -4.13. The number of piperidine rings is 1. The van der Waals surface area contributed by atoms with Crippen LogP contribution in [0.1, 0.15) is 29.0 Å². The number of hydrogen-bond acceptors (Lipinski definition) is 3. The van der Waals surface area contributed by atoms with E-state index in [9.17, 15) is 9.59 Å². The molecular weight excluding hydrogens is 426 g/mol. The van der Waals surface area contributed by atoms with Crippen molar-refractivity contribution in [2.75, 3.05) is 18.4 Å². The van der Waals surface area contributed by atoms with Crippen LogP contribution in [0.5, 0.6) is 0 Å². The Labute approximate surface area is 198 Å². The number of benzene rings is 3. The monoisotopic (exact) mass is 453 g/mol. The molecule has 7 nitrogen and oxygen atoms in total. The van der Waals surface area contributed by atoms with Crippen LogP contribution in [-0.4, -0.2) is 45.5 Å². The number of amides is 3. The molecule has 2 N–H and O–H groups in total. The summed E-state index contributed by atoms with van der Waals surface area (Å²) in [5.74, 6) is 0.882. The highest BCUT2D eigenvalue weighted by molar-refractivity contribution is 5.97. The van der Waals surface area contributed by atoms with E-state index in [0.717, 1.165) is 41.1 Å². The van der Waals surface area contributed by atoms with Gasteiger partial charge in [-0.15, -0.1) is 0 Å². The molecule has 1 fully saturated rings. The Balaban J connectivity index is 1.22. The van der Waals surface area contributed by atoms with E-state index in [0.29, 0.717) is 18.7 Å². The number of carbonyl (C=O) groups excluding carboxylic acids is 2. The number of para-hydroxylation sites is 2. The fourth-order valence-electron chi connectivity index (χ4n) is 4.52. The van der Waals surface area contributed by atoms with Crippen molar-refractivity contribution in [3.63, 3.8) is 0 Å². The van der Waals surface area contributed by atoms with Gasteiger partial charge in [-0.05, 0) is 62.2 Å². The van der Waals surface area contributed by atoms with E-state index < -0.39 is 0 Å². The summed E-state index contributed by atoms with van der Waals surface area (Å²) in [7, 11) is 0. The topological polar surface area (TPSA) is 79.3 Å². The third-order valence-corrected chi connectivity index (χ3v) is 6.23. The van der Waals surface area contributed by atoms with E-state index in [1.165, 1.54) is 0 Å². The maximum absolute atomic E-state index is 13.2. The van der Waals surface area contributed by atoms with Gasteiger partial charge in [-0.2, -0.15) is 0 Å². The van der Waals surface area contributed by atoms with Crippen LogP contribution < -0.4 is 10.6 Å². The summed E-state index contributed by atoms with van der Waals surface area (Å²) in [4.78, 5) is 32.0. The minimum atomic E-state index is -0.217. The van der Waals surface area contributed by atoms with Gasteiger partial charge < -0.3 is 15.5 Å². The lowest BCUT2D eigenvalue weighted by molar-refractivity contribution is 0.0709. The summed E-state index contributed by atoms with van der Waals surface area (Å²) >= 11 is 0. The zero-order chi connectivity index (χ0) is 23.5. The Morgan fingerprint density at radius 2 is 1.59 bits per heavy atom. The summed E-state index contributed by atoms with van der Waals surface area (Å²) in [6.07, 6.45) is 1.44. The number of aromatic nitrogens is 2. The van der Waals surface area contributed by atoms with E-state index in [2.05, 4.69) is 15.2 Å². The normalized spacial score (nSPS) is 14.2. The van der Waals surface area contributed by atoms with Crippen molar-refractivity contribution in [1.82, 2.24) is 19.8 Å². The summed E-state index contributed by atoms with van der Waals surface area (Å²) < 4.78 is 2.10. The van der Waals surface area contributed by atoms with Crippen molar-refractivity contribution in [1.29, 1.82) is 0 Å². The Bertz CT molecular complexity index is 1310. The molecule has 34 heavy (non-hydrogen) atoms. The van der Waals surface area contributed by atoms with Crippen LogP contribution in [0.15, 0.2) is 78.9 Å². The molecule has 4 aromatic rings. The van der Waals surface area contributed by atoms with E-state index in [4.69, 9.17) is 4.98 Å². The predicted octanol–water partition coefficient (Wildman–Crippen LogP) is 4.76. The summed E-state index contributed by atoms with van der Waals surface area (Å²) in [5, 5.41) is 5.86. The van der Waals surface area contributed by atoms with Gasteiger partial charge in [-0.25, -0.2) is 9.78 Å². The smallest absolute Gasteiger partial charge is 0.319 e. The van der Waals surface area contributed by atoms with Gasteiger partial charge in [0.15, 0.2) is 0 Å². The molecule has 1 aliphatic heterocycles. The maximum Gasteiger partial charge on any atom is 0.319 e. The average Bonchev–Trinajstić information content (AvgIpc) is 3.20. The average molecular weight is 454 g/mol. The SMILES string of the molecule is Cc1nc2cc(C(=O)N3CCC(NC(=O)Nc4ccccc4)CC3)ccc2n1-c1ccccc1. The molecule has 1 aromatic heterocycles. The lowest BCUT2D eigenvalue weighted by Crippen LogP contribution is -2.47. The number of aryl methyl sites for hydroxylation is 1. The van der Waals surface area contributed by atoms with Crippen LogP contribution in [0.4, 0.5) is 10.5 Å². The molecule has 1 saturated heterocycles. The molecule has 0 atom stereocenters. The molecule has 0 aliphatic carbocycles. The molecule has 0 spiro atoms. The van der Waals surface area contributed by atoms with Crippen molar-refractivity contribution in [3.05, 3.63) is 90.3 Å². The lowest BCUT2D eigenvalue weighted by Gasteiger charge is -2.32. The van der Waals surface area contributed by atoms with Gasteiger partial charge >= 0.3 is 6.03 Å². The first-order valence-electron chi connectivity index (χ1n) is 11.5. The number of anilines is 1. The molecular formula is C27H27N5O2. The second-order valence-corrected chi connectivity index (χ2v) is 8.56. The minimum absolute atomic E-state index is 0.000927. The number of fused-ring (bicyclic) bond motifs is 1. The van der Waals surface area contributed by atoms with Crippen molar-refractivity contribution in [2.45, 2.75) is 25.8 Å². The molecule has 172 valence electrons. The fourth-order valence-corrected chi connectivity index (χ4v) is 4.52. The van der Waals surface area contributed by atoms with E-state index in [1.807, 2.05) is 90.7 Å². The van der Waals surface area contributed by atoms with Gasteiger partial charge in [0.2, 0.25) is 0 Å². The van der Waals surface area contributed by atoms with Crippen LogP contribution >= 0.6 is 0 Å². The number of hydrogen-bond donors (Lipinski definition) is 2.